The number of carbonyl (C=O) groups excluding carboxylic acids is 1. The van der Waals surface area contributed by atoms with E-state index in [-0.39, 0.29) is 27.6 Å². The Kier molecular flexibility index (Phi) is 5.26. The van der Waals surface area contributed by atoms with Crippen LogP contribution in [0, 0.1) is 0 Å². The second kappa shape index (κ2) is 7.11. The van der Waals surface area contributed by atoms with Crippen molar-refractivity contribution < 1.29 is 22.4 Å². The van der Waals surface area contributed by atoms with Crippen LogP contribution in [0.1, 0.15) is 27.7 Å². The van der Waals surface area contributed by atoms with E-state index in [1.807, 2.05) is 32.6 Å². The Bertz CT molecular complexity index is 1010. The highest BCUT2D eigenvalue weighted by Crippen LogP contribution is 2.32. The normalized spacial score (nSPS) is 18.6. The summed E-state index contributed by atoms with van der Waals surface area (Å²) in [7, 11) is -3.53. The Balaban J connectivity index is 1.85. The molecule has 10 heteroatoms. The van der Waals surface area contributed by atoms with E-state index in [9.17, 15) is 13.2 Å². The number of aromatic nitrogens is 1. The van der Waals surface area contributed by atoms with Crippen molar-refractivity contribution in [3.05, 3.63) is 17.2 Å². The molecule has 1 aliphatic heterocycles. The number of benzene rings is 1. The van der Waals surface area contributed by atoms with Crippen LogP contribution in [0.5, 0.6) is 0 Å². The SMILES string of the molecule is CC1CN(C(=O)OC(C)(C)C)CCN1c1nc2cc(Cl)cc(S(C)(=O)=O)c2o1. The molecule has 3 rings (SSSR count). The highest BCUT2D eigenvalue weighted by molar-refractivity contribution is 7.91. The number of ether oxygens (including phenoxy) is 1. The maximum Gasteiger partial charge on any atom is 0.410 e. The molecule has 0 aliphatic carbocycles. The Morgan fingerprint density at radius 2 is 2.00 bits per heavy atom. The summed E-state index contributed by atoms with van der Waals surface area (Å²) in [6.07, 6.45) is 0.741. The minimum absolute atomic E-state index is 0.00814. The van der Waals surface area contributed by atoms with Gasteiger partial charge in [0, 0.05) is 37.0 Å². The molecular weight excluding hydrogens is 406 g/mol. The first kappa shape index (κ1) is 20.7. The fourth-order valence-electron chi connectivity index (χ4n) is 3.09. The number of fused-ring (bicyclic) bond motifs is 1. The van der Waals surface area contributed by atoms with E-state index in [1.54, 1.807) is 11.0 Å². The fraction of sp³-hybridized carbons (Fsp3) is 0.556. The van der Waals surface area contributed by atoms with Gasteiger partial charge in [0.25, 0.3) is 6.01 Å². The van der Waals surface area contributed by atoms with Crippen molar-refractivity contribution in [1.29, 1.82) is 0 Å². The van der Waals surface area contributed by atoms with E-state index >= 15 is 0 Å². The number of hydrogen-bond acceptors (Lipinski definition) is 7. The predicted octanol–water partition coefficient (Wildman–Crippen LogP) is 3.33. The van der Waals surface area contributed by atoms with E-state index < -0.39 is 15.4 Å². The van der Waals surface area contributed by atoms with Gasteiger partial charge in [0.15, 0.2) is 15.4 Å². The number of piperazine rings is 1. The largest absolute Gasteiger partial charge is 0.444 e. The van der Waals surface area contributed by atoms with Crippen LogP contribution in [-0.4, -0.2) is 61.9 Å². The molecule has 1 atom stereocenters. The van der Waals surface area contributed by atoms with Crippen LogP contribution in [-0.2, 0) is 14.6 Å². The summed E-state index contributed by atoms with van der Waals surface area (Å²) in [5.41, 5.74) is 0.00682. The van der Waals surface area contributed by atoms with Crippen LogP contribution in [0.3, 0.4) is 0 Å². The standard InChI is InChI=1S/C18H24ClN3O5S/c1-11-10-21(17(23)27-18(2,3)4)6-7-22(11)16-20-13-8-12(19)9-14(15(13)26-16)28(5,24)25/h8-9,11H,6-7,10H2,1-5H3. The zero-order chi connectivity index (χ0) is 20.9. The van der Waals surface area contributed by atoms with Crippen molar-refractivity contribution in [3.8, 4) is 0 Å². The number of hydrogen-bond donors (Lipinski definition) is 0. The van der Waals surface area contributed by atoms with Crippen LogP contribution >= 0.6 is 11.6 Å². The van der Waals surface area contributed by atoms with Crippen molar-refractivity contribution in [2.24, 2.45) is 0 Å². The maximum atomic E-state index is 12.3. The number of rotatable bonds is 2. The van der Waals surface area contributed by atoms with Gasteiger partial charge in [-0.15, -0.1) is 0 Å². The lowest BCUT2D eigenvalue weighted by atomic mass is 10.2. The Morgan fingerprint density at radius 1 is 1.32 bits per heavy atom. The molecule has 1 saturated heterocycles. The van der Waals surface area contributed by atoms with Gasteiger partial charge in [-0.1, -0.05) is 11.6 Å². The van der Waals surface area contributed by atoms with Gasteiger partial charge in [0.2, 0.25) is 0 Å². The number of oxazole rings is 1. The Hall–Kier alpha value is -2.00. The molecule has 0 spiro atoms. The maximum absolute atomic E-state index is 12.3. The number of amides is 1. The molecular formula is C18H24ClN3O5S. The van der Waals surface area contributed by atoms with E-state index in [4.69, 9.17) is 20.8 Å². The summed E-state index contributed by atoms with van der Waals surface area (Å²) in [4.78, 5) is 20.3. The summed E-state index contributed by atoms with van der Waals surface area (Å²) in [5.74, 6) is 0. The van der Waals surface area contributed by atoms with Crippen molar-refractivity contribution in [3.63, 3.8) is 0 Å². The molecule has 1 amide bonds. The van der Waals surface area contributed by atoms with Crippen LogP contribution in [0.2, 0.25) is 5.02 Å². The number of carbonyl (C=O) groups is 1. The molecule has 1 aliphatic rings. The smallest absolute Gasteiger partial charge is 0.410 e. The molecule has 154 valence electrons. The predicted molar refractivity (Wildman–Crippen MR) is 107 cm³/mol. The van der Waals surface area contributed by atoms with Crippen LogP contribution in [0.4, 0.5) is 10.8 Å². The molecule has 0 bridgehead atoms. The van der Waals surface area contributed by atoms with Crippen molar-refractivity contribution in [1.82, 2.24) is 9.88 Å². The minimum Gasteiger partial charge on any atom is -0.444 e. The highest BCUT2D eigenvalue weighted by Gasteiger charge is 2.32. The minimum atomic E-state index is -3.53. The first-order chi connectivity index (χ1) is 12.8. The van der Waals surface area contributed by atoms with E-state index in [1.165, 1.54) is 6.07 Å². The summed E-state index contributed by atoms with van der Waals surface area (Å²) in [6.45, 7) is 8.78. The molecule has 0 N–H and O–H groups in total. The monoisotopic (exact) mass is 429 g/mol. The number of nitrogens with zero attached hydrogens (tertiary/aromatic N) is 3. The molecule has 2 aromatic rings. The van der Waals surface area contributed by atoms with E-state index in [2.05, 4.69) is 4.98 Å². The summed E-state index contributed by atoms with van der Waals surface area (Å²) in [5, 5.41) is 0.274. The van der Waals surface area contributed by atoms with E-state index in [0.29, 0.717) is 31.2 Å². The molecule has 28 heavy (non-hydrogen) atoms. The van der Waals surface area contributed by atoms with Gasteiger partial charge >= 0.3 is 6.09 Å². The second-order valence-corrected chi connectivity index (χ2v) is 10.4. The van der Waals surface area contributed by atoms with Gasteiger partial charge in [-0.3, -0.25) is 0 Å². The zero-order valence-corrected chi connectivity index (χ0v) is 18.1. The highest BCUT2D eigenvalue weighted by atomic mass is 35.5. The average Bonchev–Trinajstić information content (AvgIpc) is 2.94. The quantitative estimate of drug-likeness (QED) is 0.722. The lowest BCUT2D eigenvalue weighted by Crippen LogP contribution is -2.54. The first-order valence-corrected chi connectivity index (χ1v) is 11.2. The van der Waals surface area contributed by atoms with Gasteiger partial charge in [0.1, 0.15) is 16.0 Å². The molecule has 0 radical (unpaired) electrons. The zero-order valence-electron chi connectivity index (χ0n) is 16.5. The van der Waals surface area contributed by atoms with Gasteiger partial charge in [-0.05, 0) is 39.8 Å². The number of sulfone groups is 1. The molecule has 1 aromatic carbocycles. The summed E-state index contributed by atoms with van der Waals surface area (Å²) < 4.78 is 35.4. The van der Waals surface area contributed by atoms with Crippen molar-refractivity contribution in [2.75, 3.05) is 30.8 Å². The lowest BCUT2D eigenvalue weighted by Gasteiger charge is -2.39. The van der Waals surface area contributed by atoms with Gasteiger partial charge in [-0.2, -0.15) is 4.98 Å². The summed E-state index contributed by atoms with van der Waals surface area (Å²) >= 11 is 6.04. The second-order valence-electron chi connectivity index (χ2n) is 7.99. The lowest BCUT2D eigenvalue weighted by molar-refractivity contribution is 0.0216. The summed E-state index contributed by atoms with van der Waals surface area (Å²) in [6, 6.07) is 3.14. The third-order valence-corrected chi connectivity index (χ3v) is 5.65. The third-order valence-electron chi connectivity index (χ3n) is 4.33. The first-order valence-electron chi connectivity index (χ1n) is 8.90. The molecule has 0 saturated carbocycles. The molecule has 1 unspecified atom stereocenters. The average molecular weight is 430 g/mol. The molecule has 2 heterocycles. The van der Waals surface area contributed by atoms with Crippen LogP contribution in [0.15, 0.2) is 21.4 Å². The molecule has 1 fully saturated rings. The third kappa shape index (κ3) is 4.35. The topological polar surface area (TPSA) is 93.0 Å². The Morgan fingerprint density at radius 3 is 2.57 bits per heavy atom. The van der Waals surface area contributed by atoms with Gasteiger partial charge < -0.3 is 19.0 Å². The number of anilines is 1. The van der Waals surface area contributed by atoms with Gasteiger partial charge in [0.05, 0.1) is 0 Å². The van der Waals surface area contributed by atoms with Crippen LogP contribution < -0.4 is 4.90 Å². The van der Waals surface area contributed by atoms with Crippen molar-refractivity contribution in [2.45, 2.75) is 44.2 Å². The Labute approximate surface area is 169 Å². The fourth-order valence-corrected chi connectivity index (χ4v) is 4.19. The molecule has 1 aromatic heterocycles. The van der Waals surface area contributed by atoms with Gasteiger partial charge in [-0.25, -0.2) is 13.2 Å². The van der Waals surface area contributed by atoms with E-state index in [0.717, 1.165) is 6.26 Å². The molecule has 8 nitrogen and oxygen atoms in total. The van der Waals surface area contributed by atoms with Crippen LogP contribution in [0.25, 0.3) is 11.1 Å². The van der Waals surface area contributed by atoms with Crippen molar-refractivity contribution >= 4 is 44.6 Å². The number of halogens is 1.